The molecule has 5 rings (SSSR count). The molecule has 2 aromatic rings. The van der Waals surface area contributed by atoms with Gasteiger partial charge in [0.25, 0.3) is 0 Å². The maximum Gasteiger partial charge on any atom is 0.573 e. The molecule has 0 aromatic carbocycles. The second kappa shape index (κ2) is 7.39. The Morgan fingerprint density at radius 1 is 1.13 bits per heavy atom. The smallest absolute Gasteiger partial charge is 0.402 e. The summed E-state index contributed by atoms with van der Waals surface area (Å²) in [5.41, 5.74) is 7.82. The van der Waals surface area contributed by atoms with Gasteiger partial charge in [0.1, 0.15) is 0 Å². The predicted molar refractivity (Wildman–Crippen MR) is 110 cm³/mol. The summed E-state index contributed by atoms with van der Waals surface area (Å²) in [5, 5.41) is 4.72. The normalized spacial score (nSPS) is 28.3. The molecule has 2 aromatic heterocycles. The molecule has 1 aliphatic heterocycles. The van der Waals surface area contributed by atoms with Crippen LogP contribution >= 0.6 is 0 Å². The van der Waals surface area contributed by atoms with Gasteiger partial charge >= 0.3 is 6.36 Å². The Kier molecular flexibility index (Phi) is 4.91. The van der Waals surface area contributed by atoms with E-state index in [9.17, 15) is 13.2 Å². The van der Waals surface area contributed by atoms with Crippen LogP contribution in [0.5, 0.6) is 5.75 Å². The van der Waals surface area contributed by atoms with E-state index in [0.29, 0.717) is 35.1 Å². The monoisotopic (exact) mass is 435 g/mol. The summed E-state index contributed by atoms with van der Waals surface area (Å²) in [5.74, 6) is 1.05. The fourth-order valence-corrected chi connectivity index (χ4v) is 5.67. The Bertz CT molecular complexity index is 955. The van der Waals surface area contributed by atoms with E-state index in [-0.39, 0.29) is 11.9 Å². The van der Waals surface area contributed by atoms with Gasteiger partial charge < -0.3 is 15.4 Å². The van der Waals surface area contributed by atoms with Crippen LogP contribution in [0.4, 0.5) is 19.0 Å². The molecule has 0 unspecified atom stereocenters. The molecule has 0 spiro atoms. The van der Waals surface area contributed by atoms with Crippen LogP contribution in [0.3, 0.4) is 0 Å². The van der Waals surface area contributed by atoms with Crippen molar-refractivity contribution in [3.05, 3.63) is 24.0 Å². The van der Waals surface area contributed by atoms with Crippen LogP contribution in [-0.2, 0) is 0 Å². The Morgan fingerprint density at radius 3 is 2.42 bits per heavy atom. The highest BCUT2D eigenvalue weighted by Gasteiger charge is 2.58. The first kappa shape index (κ1) is 20.6. The minimum absolute atomic E-state index is 0.159. The number of pyridine rings is 1. The van der Waals surface area contributed by atoms with Crippen LogP contribution in [0.1, 0.15) is 57.2 Å². The van der Waals surface area contributed by atoms with Crippen molar-refractivity contribution >= 4 is 5.82 Å². The maximum atomic E-state index is 12.7. The van der Waals surface area contributed by atoms with Gasteiger partial charge in [-0.3, -0.25) is 4.68 Å². The van der Waals surface area contributed by atoms with Crippen molar-refractivity contribution in [3.63, 3.8) is 0 Å². The number of halogens is 3. The van der Waals surface area contributed by atoms with Gasteiger partial charge in [-0.15, -0.1) is 13.2 Å². The first-order chi connectivity index (χ1) is 14.7. The van der Waals surface area contributed by atoms with Crippen LogP contribution in [-0.4, -0.2) is 45.2 Å². The van der Waals surface area contributed by atoms with E-state index in [1.54, 1.807) is 0 Å². The zero-order chi connectivity index (χ0) is 21.9. The van der Waals surface area contributed by atoms with Gasteiger partial charge in [0.2, 0.25) is 0 Å². The molecular formula is C22H28F3N5O. The molecule has 9 heteroatoms. The number of anilines is 1. The van der Waals surface area contributed by atoms with Crippen LogP contribution in [0.15, 0.2) is 18.3 Å². The largest absolute Gasteiger partial charge is 0.573 e. The van der Waals surface area contributed by atoms with E-state index in [1.165, 1.54) is 56.7 Å². The molecular weight excluding hydrogens is 407 g/mol. The lowest BCUT2D eigenvalue weighted by Crippen LogP contribution is -2.31. The minimum atomic E-state index is -4.83. The molecule has 2 N–H and O–H groups in total. The van der Waals surface area contributed by atoms with E-state index in [4.69, 9.17) is 10.8 Å². The highest BCUT2D eigenvalue weighted by molar-refractivity contribution is 5.64. The molecule has 168 valence electrons. The lowest BCUT2D eigenvalue weighted by atomic mass is 10.0. The fourth-order valence-electron chi connectivity index (χ4n) is 5.67. The number of alkyl halides is 3. The summed E-state index contributed by atoms with van der Waals surface area (Å²) < 4.78 is 44.1. The molecule has 3 fully saturated rings. The number of likely N-dealkylation sites (tertiary alicyclic amines) is 1. The van der Waals surface area contributed by atoms with Crippen molar-refractivity contribution in [2.45, 2.75) is 63.9 Å². The molecule has 0 bridgehead atoms. The standard InChI is InChI=1S/C22H28F3N5O/c1-12(2)30-18(20-15-8-14(9-16(15)20)29-5-3-4-6-29)10-17(28-30)13-7-19(21(26)27-11-13)31-22(23,24)25/h7,10-12,14-16,20H,3-6,8-9H2,1-2H3,(H2,26,27)/t14-,15+,16-,20-. The van der Waals surface area contributed by atoms with Gasteiger partial charge in [-0.1, -0.05) is 0 Å². The number of aromatic nitrogens is 3. The van der Waals surface area contributed by atoms with Crippen molar-refractivity contribution in [2.24, 2.45) is 11.8 Å². The summed E-state index contributed by atoms with van der Waals surface area (Å²) in [6, 6.07) is 4.15. The van der Waals surface area contributed by atoms with Crippen LogP contribution in [0.25, 0.3) is 11.3 Å². The zero-order valence-corrected chi connectivity index (χ0v) is 17.8. The molecule has 2 aliphatic carbocycles. The lowest BCUT2D eigenvalue weighted by Gasteiger charge is -2.25. The Balaban J connectivity index is 1.38. The van der Waals surface area contributed by atoms with Gasteiger partial charge in [0.05, 0.1) is 5.69 Å². The predicted octanol–water partition coefficient (Wildman–Crippen LogP) is 4.59. The third-order valence-electron chi connectivity index (χ3n) is 7.08. The summed E-state index contributed by atoms with van der Waals surface area (Å²) in [4.78, 5) is 6.54. The molecule has 3 aliphatic rings. The van der Waals surface area contributed by atoms with E-state index in [1.807, 2.05) is 10.7 Å². The second-order valence-electron chi connectivity index (χ2n) is 9.37. The molecule has 2 saturated carbocycles. The van der Waals surface area contributed by atoms with Crippen LogP contribution in [0, 0.1) is 11.8 Å². The topological polar surface area (TPSA) is 69.2 Å². The molecule has 4 atom stereocenters. The fraction of sp³-hybridized carbons (Fsp3) is 0.636. The quantitative estimate of drug-likeness (QED) is 0.744. The van der Waals surface area contributed by atoms with Crippen molar-refractivity contribution < 1.29 is 17.9 Å². The third kappa shape index (κ3) is 3.88. The third-order valence-corrected chi connectivity index (χ3v) is 7.08. The average Bonchev–Trinajstić information content (AvgIpc) is 3.21. The first-order valence-corrected chi connectivity index (χ1v) is 11.1. The van der Waals surface area contributed by atoms with Gasteiger partial charge in [0, 0.05) is 35.5 Å². The number of nitrogens with two attached hydrogens (primary N) is 1. The molecule has 6 nitrogen and oxygen atoms in total. The van der Waals surface area contributed by atoms with E-state index >= 15 is 0 Å². The molecule has 1 saturated heterocycles. The summed E-state index contributed by atoms with van der Waals surface area (Å²) >= 11 is 0. The summed E-state index contributed by atoms with van der Waals surface area (Å²) in [6.07, 6.45) is 1.73. The van der Waals surface area contributed by atoms with Gasteiger partial charge in [-0.05, 0) is 76.6 Å². The SMILES string of the molecule is CC(C)n1nc(-c2cnc(N)c(OC(F)(F)F)c2)cc1[C@H]1[C@@H]2C[C@H](N3CCCC3)C[C@@H]21. The van der Waals surface area contributed by atoms with Crippen LogP contribution < -0.4 is 10.5 Å². The van der Waals surface area contributed by atoms with Crippen molar-refractivity contribution in [1.29, 1.82) is 0 Å². The number of hydrogen-bond donors (Lipinski definition) is 1. The minimum Gasteiger partial charge on any atom is -0.402 e. The number of ether oxygens (including phenoxy) is 1. The highest BCUT2D eigenvalue weighted by atomic mass is 19.4. The van der Waals surface area contributed by atoms with Gasteiger partial charge in [-0.25, -0.2) is 4.98 Å². The molecule has 3 heterocycles. The lowest BCUT2D eigenvalue weighted by molar-refractivity contribution is -0.274. The van der Waals surface area contributed by atoms with Gasteiger partial charge in [-0.2, -0.15) is 5.10 Å². The molecule has 31 heavy (non-hydrogen) atoms. The Labute approximate surface area is 179 Å². The van der Waals surface area contributed by atoms with E-state index < -0.39 is 12.1 Å². The highest BCUT2D eigenvalue weighted by Crippen LogP contribution is 2.64. The summed E-state index contributed by atoms with van der Waals surface area (Å²) in [6.45, 7) is 6.61. The average molecular weight is 435 g/mol. The molecule has 0 radical (unpaired) electrons. The number of nitrogens with zero attached hydrogens (tertiary/aromatic N) is 4. The maximum absolute atomic E-state index is 12.7. The van der Waals surface area contributed by atoms with E-state index in [2.05, 4.69) is 28.5 Å². The molecule has 0 amide bonds. The Morgan fingerprint density at radius 2 is 1.81 bits per heavy atom. The van der Waals surface area contributed by atoms with E-state index in [0.717, 1.165) is 0 Å². The number of hydrogen-bond acceptors (Lipinski definition) is 5. The zero-order valence-electron chi connectivity index (χ0n) is 17.8. The number of rotatable bonds is 5. The van der Waals surface area contributed by atoms with Crippen LogP contribution in [0.2, 0.25) is 0 Å². The number of nitrogen functional groups attached to an aromatic ring is 1. The first-order valence-electron chi connectivity index (χ1n) is 11.1. The van der Waals surface area contributed by atoms with Crippen molar-refractivity contribution in [2.75, 3.05) is 18.8 Å². The summed E-state index contributed by atoms with van der Waals surface area (Å²) in [7, 11) is 0. The van der Waals surface area contributed by atoms with Crippen molar-refractivity contribution in [3.8, 4) is 17.0 Å². The number of fused-ring (bicyclic) bond motifs is 1. The Hall–Kier alpha value is -2.29. The van der Waals surface area contributed by atoms with Gasteiger partial charge in [0.15, 0.2) is 11.6 Å². The second-order valence-corrected chi connectivity index (χ2v) is 9.37. The van der Waals surface area contributed by atoms with Crippen molar-refractivity contribution in [1.82, 2.24) is 19.7 Å².